The van der Waals surface area contributed by atoms with Gasteiger partial charge in [0.05, 0.1) is 19.3 Å². The molecule has 3 nitrogen and oxygen atoms in total. The van der Waals surface area contributed by atoms with Crippen molar-refractivity contribution in [3.63, 3.8) is 0 Å². The first kappa shape index (κ1) is 10.5. The van der Waals surface area contributed by atoms with Crippen LogP contribution in [0.3, 0.4) is 0 Å². The van der Waals surface area contributed by atoms with Gasteiger partial charge in [0.2, 0.25) is 0 Å². The molecular weight excluding hydrogens is 192 g/mol. The summed E-state index contributed by atoms with van der Waals surface area (Å²) >= 11 is 0. The van der Waals surface area contributed by atoms with Crippen LogP contribution in [0, 0.1) is 0 Å². The Balaban J connectivity index is 2.04. The summed E-state index contributed by atoms with van der Waals surface area (Å²) in [5.74, 6) is 0.824. The molecular formula is C12H16O3. The predicted octanol–water partition coefficient (Wildman–Crippen LogP) is 1.91. The number of benzene rings is 1. The Morgan fingerprint density at radius 1 is 1.33 bits per heavy atom. The minimum absolute atomic E-state index is 0.174. The maximum Gasteiger partial charge on any atom is 0.152 e. The molecule has 3 heteroatoms. The van der Waals surface area contributed by atoms with E-state index in [4.69, 9.17) is 9.47 Å². The molecule has 1 aliphatic rings. The van der Waals surface area contributed by atoms with E-state index in [2.05, 4.69) is 0 Å². The van der Waals surface area contributed by atoms with Crippen LogP contribution < -0.4 is 4.74 Å². The van der Waals surface area contributed by atoms with Crippen molar-refractivity contribution in [1.29, 1.82) is 0 Å². The third-order valence-electron chi connectivity index (χ3n) is 2.54. The quantitative estimate of drug-likeness (QED) is 0.824. The van der Waals surface area contributed by atoms with Gasteiger partial charge in [0.15, 0.2) is 5.60 Å². The second-order valence-corrected chi connectivity index (χ2v) is 4.29. The highest BCUT2D eigenvalue weighted by atomic mass is 16.6. The zero-order chi connectivity index (χ0) is 10.9. The zero-order valence-electron chi connectivity index (χ0n) is 9.06. The van der Waals surface area contributed by atoms with Crippen molar-refractivity contribution in [3.8, 4) is 5.75 Å². The van der Waals surface area contributed by atoms with Crippen molar-refractivity contribution in [2.24, 2.45) is 0 Å². The van der Waals surface area contributed by atoms with E-state index in [-0.39, 0.29) is 5.60 Å². The molecule has 1 aromatic carbocycles. The first-order valence-corrected chi connectivity index (χ1v) is 5.14. The molecule has 0 saturated carbocycles. The molecule has 1 unspecified atom stereocenters. The van der Waals surface area contributed by atoms with E-state index in [1.54, 1.807) is 6.92 Å². The largest absolute Gasteiger partial charge is 0.483 e. The lowest BCUT2D eigenvalue weighted by molar-refractivity contribution is -0.149. The summed E-state index contributed by atoms with van der Waals surface area (Å²) in [5.41, 5.74) is 0.726. The summed E-state index contributed by atoms with van der Waals surface area (Å²) < 4.78 is 10.9. The molecule has 0 spiro atoms. The second kappa shape index (κ2) is 3.83. The first-order valence-electron chi connectivity index (χ1n) is 5.14. The lowest BCUT2D eigenvalue weighted by Gasteiger charge is -2.38. The summed E-state index contributed by atoms with van der Waals surface area (Å²) in [5, 5.41) is 9.34. The number of aliphatic hydroxyl groups excluding tert-OH is 1. The Hall–Kier alpha value is -1.06. The summed E-state index contributed by atoms with van der Waals surface area (Å²) in [7, 11) is 0. The van der Waals surface area contributed by atoms with Crippen LogP contribution in [0.1, 0.15) is 25.5 Å². The van der Waals surface area contributed by atoms with E-state index >= 15 is 0 Å². The maximum atomic E-state index is 9.34. The third kappa shape index (κ3) is 2.30. The molecule has 0 aliphatic carbocycles. The molecule has 1 atom stereocenters. The smallest absolute Gasteiger partial charge is 0.152 e. The predicted molar refractivity (Wildman–Crippen MR) is 56.9 cm³/mol. The van der Waals surface area contributed by atoms with Gasteiger partial charge in [0.1, 0.15) is 5.75 Å². The highest BCUT2D eigenvalue weighted by molar-refractivity contribution is 5.29. The fraction of sp³-hybridized carbons (Fsp3) is 0.500. The van der Waals surface area contributed by atoms with Crippen LogP contribution in [0.15, 0.2) is 24.3 Å². The van der Waals surface area contributed by atoms with Crippen molar-refractivity contribution < 1.29 is 14.6 Å². The van der Waals surface area contributed by atoms with Gasteiger partial charge >= 0.3 is 0 Å². The topological polar surface area (TPSA) is 38.7 Å². The van der Waals surface area contributed by atoms with Crippen LogP contribution in [0.4, 0.5) is 0 Å². The standard InChI is InChI=1S/C12H16O3/c1-9(13)10-3-5-11(6-4-10)15-12(2)7-14-8-12/h3-6,9,13H,7-8H2,1-2H3. The minimum Gasteiger partial charge on any atom is -0.483 e. The Kier molecular flexibility index (Phi) is 2.67. The van der Waals surface area contributed by atoms with Gasteiger partial charge in [-0.05, 0) is 31.5 Å². The van der Waals surface area contributed by atoms with Crippen LogP contribution in [0.2, 0.25) is 0 Å². The first-order chi connectivity index (χ1) is 7.09. The number of hydrogen-bond donors (Lipinski definition) is 1. The average molecular weight is 208 g/mol. The molecule has 2 rings (SSSR count). The highest BCUT2D eigenvalue weighted by Gasteiger charge is 2.35. The minimum atomic E-state index is -0.429. The maximum absolute atomic E-state index is 9.34. The highest BCUT2D eigenvalue weighted by Crippen LogP contribution is 2.25. The summed E-state index contributed by atoms with van der Waals surface area (Å²) in [6, 6.07) is 7.52. The molecule has 0 aromatic heterocycles. The Morgan fingerprint density at radius 3 is 2.33 bits per heavy atom. The molecule has 1 saturated heterocycles. The van der Waals surface area contributed by atoms with Gasteiger partial charge in [-0.15, -0.1) is 0 Å². The molecule has 82 valence electrons. The average Bonchev–Trinajstić information content (AvgIpc) is 2.16. The summed E-state index contributed by atoms with van der Waals surface area (Å²) in [4.78, 5) is 0. The molecule has 1 aliphatic heterocycles. The number of ether oxygens (including phenoxy) is 2. The van der Waals surface area contributed by atoms with Gasteiger partial charge in [0, 0.05) is 0 Å². The number of rotatable bonds is 3. The molecule has 1 aromatic rings. The molecule has 1 N–H and O–H groups in total. The molecule has 0 bridgehead atoms. The Bertz CT molecular complexity index is 325. The van der Waals surface area contributed by atoms with Gasteiger partial charge in [-0.3, -0.25) is 0 Å². The van der Waals surface area contributed by atoms with E-state index in [1.807, 2.05) is 31.2 Å². The third-order valence-corrected chi connectivity index (χ3v) is 2.54. The van der Waals surface area contributed by atoms with E-state index in [0.29, 0.717) is 13.2 Å². The van der Waals surface area contributed by atoms with Crippen molar-refractivity contribution >= 4 is 0 Å². The number of hydrogen-bond acceptors (Lipinski definition) is 3. The summed E-state index contributed by atoms with van der Waals surface area (Å²) in [6.45, 7) is 5.06. The zero-order valence-corrected chi connectivity index (χ0v) is 9.06. The fourth-order valence-electron chi connectivity index (χ4n) is 1.55. The number of aliphatic hydroxyl groups is 1. The monoisotopic (exact) mass is 208 g/mol. The lowest BCUT2D eigenvalue weighted by Crippen LogP contribution is -2.51. The molecule has 1 heterocycles. The van der Waals surface area contributed by atoms with Crippen LogP contribution >= 0.6 is 0 Å². The van der Waals surface area contributed by atoms with Crippen molar-refractivity contribution in [1.82, 2.24) is 0 Å². The van der Waals surface area contributed by atoms with Gasteiger partial charge in [-0.1, -0.05) is 12.1 Å². The van der Waals surface area contributed by atoms with Gasteiger partial charge in [-0.25, -0.2) is 0 Å². The van der Waals surface area contributed by atoms with Crippen LogP contribution in [-0.2, 0) is 4.74 Å². The Labute approximate surface area is 89.6 Å². The Morgan fingerprint density at radius 2 is 1.93 bits per heavy atom. The molecule has 15 heavy (non-hydrogen) atoms. The van der Waals surface area contributed by atoms with E-state index in [1.165, 1.54) is 0 Å². The molecule has 1 fully saturated rings. The SMILES string of the molecule is CC(O)c1ccc(OC2(C)COC2)cc1. The van der Waals surface area contributed by atoms with E-state index < -0.39 is 6.10 Å². The van der Waals surface area contributed by atoms with Crippen LogP contribution in [0.25, 0.3) is 0 Å². The van der Waals surface area contributed by atoms with E-state index in [0.717, 1.165) is 11.3 Å². The van der Waals surface area contributed by atoms with Gasteiger partial charge < -0.3 is 14.6 Å². The van der Waals surface area contributed by atoms with Crippen molar-refractivity contribution in [2.75, 3.05) is 13.2 Å². The van der Waals surface area contributed by atoms with Gasteiger partial charge in [-0.2, -0.15) is 0 Å². The fourth-order valence-corrected chi connectivity index (χ4v) is 1.55. The molecule has 0 radical (unpaired) electrons. The van der Waals surface area contributed by atoms with E-state index in [9.17, 15) is 5.11 Å². The lowest BCUT2D eigenvalue weighted by atomic mass is 10.1. The second-order valence-electron chi connectivity index (χ2n) is 4.29. The van der Waals surface area contributed by atoms with Crippen molar-refractivity contribution in [3.05, 3.63) is 29.8 Å². The van der Waals surface area contributed by atoms with Crippen LogP contribution in [0.5, 0.6) is 5.75 Å². The van der Waals surface area contributed by atoms with Crippen LogP contribution in [-0.4, -0.2) is 23.9 Å². The summed E-state index contributed by atoms with van der Waals surface area (Å²) in [6.07, 6.45) is -0.429. The normalized spacial score (nSPS) is 20.5. The molecule has 0 amide bonds. The van der Waals surface area contributed by atoms with Gasteiger partial charge in [0.25, 0.3) is 0 Å². The van der Waals surface area contributed by atoms with Crippen molar-refractivity contribution in [2.45, 2.75) is 25.6 Å².